The van der Waals surface area contributed by atoms with E-state index in [9.17, 15) is 17.6 Å². The van der Waals surface area contributed by atoms with Gasteiger partial charge in [-0.15, -0.1) is 6.58 Å². The third-order valence-electron chi connectivity index (χ3n) is 5.26. The highest BCUT2D eigenvalue weighted by Gasteiger charge is 2.37. The van der Waals surface area contributed by atoms with Crippen LogP contribution in [0, 0.1) is 23.5 Å². The Bertz CT molecular complexity index is 622. The summed E-state index contributed by atoms with van der Waals surface area (Å²) in [6.07, 6.45) is 4.49. The van der Waals surface area contributed by atoms with Crippen molar-refractivity contribution in [3.63, 3.8) is 0 Å². The van der Waals surface area contributed by atoms with E-state index in [2.05, 4.69) is 6.58 Å². The van der Waals surface area contributed by atoms with E-state index in [0.717, 1.165) is 25.0 Å². The van der Waals surface area contributed by atoms with Crippen LogP contribution in [-0.4, -0.2) is 19.5 Å². The Morgan fingerprint density at radius 2 is 1.58 bits per heavy atom. The van der Waals surface area contributed by atoms with Crippen molar-refractivity contribution >= 4 is 11.6 Å². The number of alkyl halides is 3. The highest BCUT2D eigenvalue weighted by Crippen LogP contribution is 2.42. The van der Waals surface area contributed by atoms with Crippen LogP contribution >= 0.6 is 11.6 Å². The second kappa shape index (κ2) is 7.87. The number of halogens is 5. The SMILES string of the molecule is C=CC1COC(C2CCC(c3cc(F)c(C(F)(F)Cl)c(F)c3)CC2)OC1. The maximum absolute atomic E-state index is 13.9. The molecule has 1 aromatic carbocycles. The zero-order valence-electron chi connectivity index (χ0n) is 14.2. The Morgan fingerprint density at radius 3 is 2.04 bits per heavy atom. The maximum atomic E-state index is 13.9. The summed E-state index contributed by atoms with van der Waals surface area (Å²) in [5.41, 5.74) is -1.00. The standard InChI is InChI=1S/C19H21ClF4O2/c1-2-11-9-25-18(26-10-11)13-5-3-12(4-6-13)14-7-15(21)17(16(22)8-14)19(20,23)24/h2,7-8,11-13,18H,1,3-6,9-10H2. The Kier molecular flexibility index (Phi) is 5.94. The number of hydrogen-bond donors (Lipinski definition) is 0. The van der Waals surface area contributed by atoms with Crippen LogP contribution in [0.15, 0.2) is 24.8 Å². The molecule has 0 radical (unpaired) electrons. The summed E-state index contributed by atoms with van der Waals surface area (Å²) in [6, 6.07) is 1.95. The lowest BCUT2D eigenvalue weighted by Crippen LogP contribution is -2.37. The van der Waals surface area contributed by atoms with Crippen LogP contribution in [0.1, 0.15) is 42.7 Å². The van der Waals surface area contributed by atoms with Crippen molar-refractivity contribution in [3.8, 4) is 0 Å². The quantitative estimate of drug-likeness (QED) is 0.371. The van der Waals surface area contributed by atoms with Crippen molar-refractivity contribution in [1.82, 2.24) is 0 Å². The monoisotopic (exact) mass is 392 g/mol. The fourth-order valence-corrected chi connectivity index (χ4v) is 3.95. The minimum atomic E-state index is -4.07. The first kappa shape index (κ1) is 19.6. The lowest BCUT2D eigenvalue weighted by Gasteiger charge is -2.37. The molecule has 3 rings (SSSR count). The van der Waals surface area contributed by atoms with Gasteiger partial charge in [-0.3, -0.25) is 0 Å². The summed E-state index contributed by atoms with van der Waals surface area (Å²) in [6.45, 7) is 4.89. The summed E-state index contributed by atoms with van der Waals surface area (Å²) < 4.78 is 65.6. The molecular weight excluding hydrogens is 372 g/mol. The average Bonchev–Trinajstić information content (AvgIpc) is 2.60. The lowest BCUT2D eigenvalue weighted by atomic mass is 9.78. The van der Waals surface area contributed by atoms with Crippen LogP contribution in [0.2, 0.25) is 0 Å². The number of hydrogen-bond acceptors (Lipinski definition) is 2. The summed E-state index contributed by atoms with van der Waals surface area (Å²) in [4.78, 5) is 0. The highest BCUT2D eigenvalue weighted by atomic mass is 35.5. The van der Waals surface area contributed by atoms with E-state index >= 15 is 0 Å². The van der Waals surface area contributed by atoms with Crippen LogP contribution in [-0.2, 0) is 14.9 Å². The summed E-state index contributed by atoms with van der Waals surface area (Å²) in [7, 11) is 0. The molecule has 0 unspecified atom stereocenters. The predicted octanol–water partition coefficient (Wildman–Crippen LogP) is 5.70. The van der Waals surface area contributed by atoms with Gasteiger partial charge in [-0.25, -0.2) is 8.78 Å². The molecular formula is C19H21ClF4O2. The van der Waals surface area contributed by atoms with Gasteiger partial charge in [0.25, 0.3) is 0 Å². The van der Waals surface area contributed by atoms with Gasteiger partial charge in [0, 0.05) is 11.8 Å². The van der Waals surface area contributed by atoms with E-state index in [1.807, 2.05) is 6.08 Å². The molecule has 1 aliphatic heterocycles. The van der Waals surface area contributed by atoms with E-state index in [1.165, 1.54) is 0 Å². The van der Waals surface area contributed by atoms with Gasteiger partial charge in [-0.2, -0.15) is 8.78 Å². The molecule has 2 nitrogen and oxygen atoms in total. The predicted molar refractivity (Wildman–Crippen MR) is 90.2 cm³/mol. The number of ether oxygens (including phenoxy) is 2. The molecule has 1 saturated carbocycles. The maximum Gasteiger partial charge on any atom is 0.353 e. The van der Waals surface area contributed by atoms with Gasteiger partial charge in [-0.1, -0.05) is 6.08 Å². The van der Waals surface area contributed by atoms with Crippen molar-refractivity contribution in [2.45, 2.75) is 43.3 Å². The topological polar surface area (TPSA) is 18.5 Å². The van der Waals surface area contributed by atoms with Gasteiger partial charge in [0.05, 0.1) is 13.2 Å². The van der Waals surface area contributed by atoms with Crippen molar-refractivity contribution < 1.29 is 27.0 Å². The molecule has 0 aromatic heterocycles. The number of rotatable bonds is 4. The molecule has 0 N–H and O–H groups in total. The molecule has 1 aromatic rings. The van der Waals surface area contributed by atoms with Gasteiger partial charge in [0.15, 0.2) is 6.29 Å². The zero-order chi connectivity index (χ0) is 18.9. The molecule has 1 aliphatic carbocycles. The summed E-state index contributed by atoms with van der Waals surface area (Å²) in [5.74, 6) is -2.28. The lowest BCUT2D eigenvalue weighted by molar-refractivity contribution is -0.222. The van der Waals surface area contributed by atoms with E-state index < -0.39 is 22.6 Å². The van der Waals surface area contributed by atoms with Gasteiger partial charge in [0.2, 0.25) is 0 Å². The van der Waals surface area contributed by atoms with E-state index in [0.29, 0.717) is 31.6 Å². The normalized spacial score (nSPS) is 30.2. The molecule has 2 aliphatic rings. The van der Waals surface area contributed by atoms with Crippen LogP contribution < -0.4 is 0 Å². The molecule has 0 spiro atoms. The van der Waals surface area contributed by atoms with Crippen LogP contribution in [0.3, 0.4) is 0 Å². The van der Waals surface area contributed by atoms with Gasteiger partial charge in [-0.05, 0) is 60.9 Å². The van der Waals surface area contributed by atoms with Crippen molar-refractivity contribution in [2.24, 2.45) is 11.8 Å². The minimum Gasteiger partial charge on any atom is -0.352 e. The summed E-state index contributed by atoms with van der Waals surface area (Å²) in [5, 5.41) is -4.07. The smallest absolute Gasteiger partial charge is 0.352 e. The first-order chi connectivity index (χ1) is 12.3. The molecule has 26 heavy (non-hydrogen) atoms. The van der Waals surface area contributed by atoms with Crippen molar-refractivity contribution in [1.29, 1.82) is 0 Å². The van der Waals surface area contributed by atoms with E-state index in [-0.39, 0.29) is 24.0 Å². The summed E-state index contributed by atoms with van der Waals surface area (Å²) >= 11 is 4.79. The molecule has 0 bridgehead atoms. The average molecular weight is 393 g/mol. The van der Waals surface area contributed by atoms with Crippen LogP contribution in [0.4, 0.5) is 17.6 Å². The third-order valence-corrected chi connectivity index (χ3v) is 5.45. The largest absolute Gasteiger partial charge is 0.353 e. The Labute approximate surface area is 155 Å². The van der Waals surface area contributed by atoms with Crippen LogP contribution in [0.5, 0.6) is 0 Å². The fraction of sp³-hybridized carbons (Fsp3) is 0.579. The van der Waals surface area contributed by atoms with E-state index in [1.54, 1.807) is 0 Å². The molecule has 0 amide bonds. The van der Waals surface area contributed by atoms with Gasteiger partial charge < -0.3 is 9.47 Å². The van der Waals surface area contributed by atoms with Crippen LogP contribution in [0.25, 0.3) is 0 Å². The molecule has 1 saturated heterocycles. The zero-order valence-corrected chi connectivity index (χ0v) is 15.0. The molecule has 7 heteroatoms. The molecule has 144 valence electrons. The van der Waals surface area contributed by atoms with Gasteiger partial charge >= 0.3 is 5.38 Å². The molecule has 2 fully saturated rings. The Morgan fingerprint density at radius 1 is 1.04 bits per heavy atom. The van der Waals surface area contributed by atoms with Crippen molar-refractivity contribution in [2.75, 3.05) is 13.2 Å². The Balaban J connectivity index is 1.63. The fourth-order valence-electron chi connectivity index (χ4n) is 3.77. The van der Waals surface area contributed by atoms with E-state index in [4.69, 9.17) is 21.1 Å². The first-order valence-corrected chi connectivity index (χ1v) is 9.09. The van der Waals surface area contributed by atoms with Crippen molar-refractivity contribution in [3.05, 3.63) is 47.5 Å². The third kappa shape index (κ3) is 4.24. The molecule has 1 heterocycles. The second-order valence-corrected chi connectivity index (χ2v) is 7.47. The molecule has 0 atom stereocenters. The Hall–Kier alpha value is -1.11. The minimum absolute atomic E-state index is 0.0854. The number of benzene rings is 1. The highest BCUT2D eigenvalue weighted by molar-refractivity contribution is 6.21. The van der Waals surface area contributed by atoms with Gasteiger partial charge in [0.1, 0.15) is 17.2 Å². The second-order valence-electron chi connectivity index (χ2n) is 7.00. The first-order valence-electron chi connectivity index (χ1n) is 8.71.